The third kappa shape index (κ3) is 1.05. The Hall–Kier alpha value is -0.260. The minimum Gasteiger partial charge on any atom is -0.0853 e. The molecule has 0 heterocycles. The first-order valence-corrected chi connectivity index (χ1v) is 2.94. The van der Waals surface area contributed by atoms with Crippen LogP contribution < -0.4 is 0 Å². The maximum atomic E-state index is 2.34. The largest absolute Gasteiger partial charge is 0.0853 e. The highest BCUT2D eigenvalue weighted by Gasteiger charge is 2.06. The minimum absolute atomic E-state index is 0.931. The van der Waals surface area contributed by atoms with E-state index in [0.717, 1.165) is 5.92 Å². The van der Waals surface area contributed by atoms with Crippen LogP contribution in [0.5, 0.6) is 0 Å². The van der Waals surface area contributed by atoms with Crippen molar-refractivity contribution in [2.45, 2.75) is 26.7 Å². The van der Waals surface area contributed by atoms with Crippen molar-refractivity contribution >= 4 is 0 Å². The summed E-state index contributed by atoms with van der Waals surface area (Å²) in [5.41, 5.74) is 1.58. The van der Waals surface area contributed by atoms with Crippen molar-refractivity contribution in [1.29, 1.82) is 0 Å². The monoisotopic (exact) mass is 96.1 g/mol. The van der Waals surface area contributed by atoms with Crippen LogP contribution in [-0.4, -0.2) is 0 Å². The van der Waals surface area contributed by atoms with Gasteiger partial charge in [0.25, 0.3) is 0 Å². The van der Waals surface area contributed by atoms with Crippen LogP contribution in [0, 0.1) is 5.92 Å². The maximum Gasteiger partial charge on any atom is -0.0294 e. The summed E-state index contributed by atoms with van der Waals surface area (Å²) < 4.78 is 0. The SMILES string of the molecule is CC1=CC[C@H](C)C1. The molecule has 0 heteroatoms. The normalized spacial score (nSPS) is 30.6. The molecule has 0 bridgehead atoms. The van der Waals surface area contributed by atoms with Gasteiger partial charge in [0, 0.05) is 0 Å². The van der Waals surface area contributed by atoms with Gasteiger partial charge >= 0.3 is 0 Å². The van der Waals surface area contributed by atoms with E-state index in [2.05, 4.69) is 19.9 Å². The van der Waals surface area contributed by atoms with E-state index in [4.69, 9.17) is 0 Å². The molecular formula is C7H12. The van der Waals surface area contributed by atoms with Gasteiger partial charge in [0.2, 0.25) is 0 Å². The molecule has 7 heavy (non-hydrogen) atoms. The van der Waals surface area contributed by atoms with E-state index >= 15 is 0 Å². The van der Waals surface area contributed by atoms with Gasteiger partial charge in [0.1, 0.15) is 0 Å². The van der Waals surface area contributed by atoms with Crippen molar-refractivity contribution in [2.24, 2.45) is 5.92 Å². The van der Waals surface area contributed by atoms with Gasteiger partial charge in [-0.3, -0.25) is 0 Å². The summed E-state index contributed by atoms with van der Waals surface area (Å²) in [6.45, 7) is 4.51. The van der Waals surface area contributed by atoms with E-state index in [-0.39, 0.29) is 0 Å². The van der Waals surface area contributed by atoms with Gasteiger partial charge in [-0.25, -0.2) is 0 Å². The molecule has 0 aliphatic heterocycles. The van der Waals surface area contributed by atoms with Gasteiger partial charge in [-0.05, 0) is 25.7 Å². The maximum absolute atomic E-state index is 2.34. The Morgan fingerprint density at radius 2 is 2.43 bits per heavy atom. The molecule has 0 saturated heterocycles. The molecule has 1 atom stereocenters. The molecule has 0 radical (unpaired) electrons. The molecule has 0 unspecified atom stereocenters. The number of allylic oxidation sites excluding steroid dienone is 2. The van der Waals surface area contributed by atoms with E-state index in [1.165, 1.54) is 12.8 Å². The Morgan fingerprint density at radius 1 is 1.71 bits per heavy atom. The summed E-state index contributed by atoms with van der Waals surface area (Å²) in [5.74, 6) is 0.931. The third-order valence-electron chi connectivity index (χ3n) is 1.54. The summed E-state index contributed by atoms with van der Waals surface area (Å²) >= 11 is 0. The average Bonchev–Trinajstić information content (AvgIpc) is 1.87. The van der Waals surface area contributed by atoms with Crippen LogP contribution in [-0.2, 0) is 0 Å². The molecule has 0 N–H and O–H groups in total. The van der Waals surface area contributed by atoms with Gasteiger partial charge < -0.3 is 0 Å². The van der Waals surface area contributed by atoms with E-state index in [9.17, 15) is 0 Å². The minimum atomic E-state index is 0.931. The van der Waals surface area contributed by atoms with Crippen LogP contribution in [0.4, 0.5) is 0 Å². The average molecular weight is 96.2 g/mol. The van der Waals surface area contributed by atoms with Crippen LogP contribution >= 0.6 is 0 Å². The molecular weight excluding hydrogens is 84.1 g/mol. The zero-order chi connectivity index (χ0) is 5.28. The Kier molecular flexibility index (Phi) is 1.18. The summed E-state index contributed by atoms with van der Waals surface area (Å²) in [5, 5.41) is 0. The highest BCUT2D eigenvalue weighted by atomic mass is 14.1. The first kappa shape index (κ1) is 4.89. The molecule has 0 spiro atoms. The lowest BCUT2D eigenvalue weighted by molar-refractivity contribution is 0.628. The Balaban J connectivity index is 2.42. The molecule has 0 amide bonds. The summed E-state index contributed by atoms with van der Waals surface area (Å²) in [7, 11) is 0. The molecule has 1 rings (SSSR count). The van der Waals surface area contributed by atoms with Gasteiger partial charge in [0.05, 0.1) is 0 Å². The summed E-state index contributed by atoms with van der Waals surface area (Å²) in [6.07, 6.45) is 4.98. The van der Waals surface area contributed by atoms with Gasteiger partial charge in [-0.1, -0.05) is 18.6 Å². The van der Waals surface area contributed by atoms with Crippen molar-refractivity contribution in [2.75, 3.05) is 0 Å². The van der Waals surface area contributed by atoms with Crippen LogP contribution in [0.2, 0.25) is 0 Å². The number of hydrogen-bond donors (Lipinski definition) is 0. The Labute approximate surface area is 45.2 Å². The van der Waals surface area contributed by atoms with Crippen molar-refractivity contribution in [3.8, 4) is 0 Å². The lowest BCUT2D eigenvalue weighted by Gasteiger charge is -1.95. The van der Waals surface area contributed by atoms with E-state index < -0.39 is 0 Å². The van der Waals surface area contributed by atoms with Gasteiger partial charge in [-0.2, -0.15) is 0 Å². The van der Waals surface area contributed by atoms with Crippen molar-refractivity contribution < 1.29 is 0 Å². The molecule has 1 aliphatic carbocycles. The van der Waals surface area contributed by atoms with Crippen LogP contribution in [0.3, 0.4) is 0 Å². The summed E-state index contributed by atoms with van der Waals surface area (Å²) in [6, 6.07) is 0. The predicted octanol–water partition coefficient (Wildman–Crippen LogP) is 2.36. The fraction of sp³-hybridized carbons (Fsp3) is 0.714. The molecule has 0 fully saturated rings. The zero-order valence-electron chi connectivity index (χ0n) is 5.07. The topological polar surface area (TPSA) is 0 Å². The molecule has 0 saturated carbocycles. The van der Waals surface area contributed by atoms with Crippen LogP contribution in [0.1, 0.15) is 26.7 Å². The molecule has 1 aliphatic rings. The highest BCUT2D eigenvalue weighted by Crippen LogP contribution is 2.22. The van der Waals surface area contributed by atoms with Crippen LogP contribution in [0.15, 0.2) is 11.6 Å². The number of rotatable bonds is 0. The van der Waals surface area contributed by atoms with Crippen LogP contribution in [0.25, 0.3) is 0 Å². The Bertz CT molecular complexity index is 90.2. The first-order chi connectivity index (χ1) is 3.29. The quantitative estimate of drug-likeness (QED) is 0.406. The van der Waals surface area contributed by atoms with Gasteiger partial charge in [-0.15, -0.1) is 0 Å². The third-order valence-corrected chi connectivity index (χ3v) is 1.54. The lowest BCUT2D eigenvalue weighted by atomic mass is 10.1. The summed E-state index contributed by atoms with van der Waals surface area (Å²) in [4.78, 5) is 0. The van der Waals surface area contributed by atoms with Crippen molar-refractivity contribution in [1.82, 2.24) is 0 Å². The Morgan fingerprint density at radius 3 is 2.57 bits per heavy atom. The molecule has 0 aromatic carbocycles. The highest BCUT2D eigenvalue weighted by molar-refractivity contribution is 5.05. The molecule has 0 nitrogen and oxygen atoms in total. The van der Waals surface area contributed by atoms with E-state index in [0.29, 0.717) is 0 Å². The number of hydrogen-bond acceptors (Lipinski definition) is 0. The fourth-order valence-corrected chi connectivity index (χ4v) is 1.12. The molecule has 0 aromatic rings. The second-order valence-corrected chi connectivity index (χ2v) is 2.60. The standard InChI is InChI=1S/C7H12/c1-6-3-4-7(2)5-6/h3,7H,4-5H2,1-2H3/t7-/m0/s1. The smallest absolute Gasteiger partial charge is 0.0294 e. The molecule has 40 valence electrons. The van der Waals surface area contributed by atoms with Crippen molar-refractivity contribution in [3.63, 3.8) is 0 Å². The van der Waals surface area contributed by atoms with E-state index in [1.807, 2.05) is 0 Å². The predicted molar refractivity (Wildman–Crippen MR) is 32.2 cm³/mol. The zero-order valence-corrected chi connectivity index (χ0v) is 5.07. The first-order valence-electron chi connectivity index (χ1n) is 2.94. The van der Waals surface area contributed by atoms with E-state index in [1.54, 1.807) is 5.57 Å². The lowest BCUT2D eigenvalue weighted by Crippen LogP contribution is -1.82. The molecule has 0 aromatic heterocycles. The second-order valence-electron chi connectivity index (χ2n) is 2.60. The second kappa shape index (κ2) is 1.69. The van der Waals surface area contributed by atoms with Gasteiger partial charge in [0.15, 0.2) is 0 Å². The van der Waals surface area contributed by atoms with Crippen molar-refractivity contribution in [3.05, 3.63) is 11.6 Å². The fourth-order valence-electron chi connectivity index (χ4n) is 1.12.